The number of nitrogens with zero attached hydrogens (tertiary/aromatic N) is 2. The largest absolute Gasteiger partial charge is 0.452 e. The molecule has 0 aliphatic rings. The zero-order chi connectivity index (χ0) is 13.2. The second kappa shape index (κ2) is 4.91. The van der Waals surface area contributed by atoms with Crippen LogP contribution in [-0.2, 0) is 12.7 Å². The third kappa shape index (κ3) is 2.96. The lowest BCUT2D eigenvalue weighted by molar-refractivity contribution is -0.144. The Kier molecular flexibility index (Phi) is 3.48. The van der Waals surface area contributed by atoms with Crippen LogP contribution in [0.15, 0.2) is 24.3 Å². The number of nitrogens with two attached hydrogens (primary N) is 1. The number of anilines is 2. The summed E-state index contributed by atoms with van der Waals surface area (Å²) in [5.74, 6) is -1.13. The molecule has 0 spiro atoms. The van der Waals surface area contributed by atoms with Gasteiger partial charge in [-0.25, -0.2) is 0 Å². The Morgan fingerprint density at radius 1 is 1.22 bits per heavy atom. The van der Waals surface area contributed by atoms with Crippen LogP contribution in [0.3, 0.4) is 0 Å². The molecule has 1 heterocycles. The van der Waals surface area contributed by atoms with Crippen molar-refractivity contribution in [3.63, 3.8) is 0 Å². The Labute approximate surface area is 105 Å². The fraction of sp³-hybridized carbons (Fsp3) is 0.200. The van der Waals surface area contributed by atoms with Gasteiger partial charge in [-0.05, 0) is 17.7 Å². The number of halogens is 3. The Morgan fingerprint density at radius 2 is 1.89 bits per heavy atom. The molecule has 0 aliphatic carbocycles. The van der Waals surface area contributed by atoms with E-state index in [2.05, 4.69) is 14.7 Å². The Morgan fingerprint density at radius 3 is 2.39 bits per heavy atom. The number of benzene rings is 1. The first-order valence-corrected chi connectivity index (χ1v) is 5.73. The molecule has 96 valence electrons. The van der Waals surface area contributed by atoms with E-state index in [1.165, 1.54) is 0 Å². The molecule has 0 fully saturated rings. The molecule has 0 radical (unpaired) electrons. The maximum atomic E-state index is 12.3. The zero-order valence-corrected chi connectivity index (χ0v) is 9.85. The zero-order valence-electron chi connectivity index (χ0n) is 9.03. The molecule has 1 aromatic carbocycles. The molecule has 0 saturated carbocycles. The van der Waals surface area contributed by atoms with Crippen molar-refractivity contribution in [1.29, 1.82) is 0 Å². The van der Waals surface area contributed by atoms with E-state index >= 15 is 0 Å². The third-order valence-electron chi connectivity index (χ3n) is 2.12. The van der Waals surface area contributed by atoms with E-state index in [0.717, 1.165) is 5.56 Å². The van der Waals surface area contributed by atoms with Crippen molar-refractivity contribution in [3.05, 3.63) is 35.7 Å². The predicted molar refractivity (Wildman–Crippen MR) is 62.5 cm³/mol. The first-order valence-electron chi connectivity index (χ1n) is 4.96. The minimum atomic E-state index is -4.51. The number of nitrogens with one attached hydrogen (secondary N) is 1. The lowest BCUT2D eigenvalue weighted by atomic mass is 10.2. The van der Waals surface area contributed by atoms with Crippen LogP contribution in [0.4, 0.5) is 24.0 Å². The third-order valence-corrected chi connectivity index (χ3v) is 2.75. The minimum Gasteiger partial charge on any atom is -0.330 e. The van der Waals surface area contributed by atoms with E-state index in [-0.39, 0.29) is 5.13 Å². The highest BCUT2D eigenvalue weighted by Gasteiger charge is 2.36. The summed E-state index contributed by atoms with van der Waals surface area (Å²) in [6, 6.07) is 7.01. The van der Waals surface area contributed by atoms with E-state index in [9.17, 15) is 13.2 Å². The molecule has 2 rings (SSSR count). The Balaban J connectivity index is 2.11. The van der Waals surface area contributed by atoms with Gasteiger partial charge < -0.3 is 11.1 Å². The summed E-state index contributed by atoms with van der Waals surface area (Å²) in [5, 5.41) is 2.85. The van der Waals surface area contributed by atoms with Crippen LogP contribution in [0.2, 0.25) is 0 Å². The highest BCUT2D eigenvalue weighted by atomic mass is 32.1. The second-order valence-electron chi connectivity index (χ2n) is 3.45. The average Bonchev–Trinajstić information content (AvgIpc) is 2.78. The summed E-state index contributed by atoms with van der Waals surface area (Å²) in [6.45, 7) is 0.414. The van der Waals surface area contributed by atoms with E-state index in [0.29, 0.717) is 23.8 Å². The van der Waals surface area contributed by atoms with Crippen molar-refractivity contribution in [1.82, 2.24) is 9.36 Å². The molecule has 0 atom stereocenters. The molecular formula is C10H9F3N4S. The van der Waals surface area contributed by atoms with Crippen molar-refractivity contribution in [2.45, 2.75) is 12.7 Å². The minimum absolute atomic E-state index is 0.0998. The summed E-state index contributed by atoms with van der Waals surface area (Å²) in [7, 11) is 0. The van der Waals surface area contributed by atoms with Crippen LogP contribution in [0.5, 0.6) is 0 Å². The first kappa shape index (κ1) is 12.8. The standard InChI is InChI=1S/C10H9F3N4S/c11-10(12,13)8-16-9(18-17-8)15-7-3-1-6(5-14)2-4-7/h1-4H,5,14H2,(H,15,16,17). The summed E-state index contributed by atoms with van der Waals surface area (Å²) >= 11 is 0.664. The van der Waals surface area contributed by atoms with Crippen LogP contribution >= 0.6 is 11.5 Å². The van der Waals surface area contributed by atoms with Crippen molar-refractivity contribution < 1.29 is 13.2 Å². The maximum Gasteiger partial charge on any atom is 0.452 e. The van der Waals surface area contributed by atoms with Gasteiger partial charge in [-0.2, -0.15) is 22.5 Å². The molecule has 2 aromatic rings. The average molecular weight is 274 g/mol. The van der Waals surface area contributed by atoms with Crippen molar-refractivity contribution in [2.24, 2.45) is 5.73 Å². The van der Waals surface area contributed by atoms with Crippen LogP contribution in [0, 0.1) is 0 Å². The maximum absolute atomic E-state index is 12.3. The SMILES string of the molecule is NCc1ccc(Nc2nc(C(F)(F)F)ns2)cc1. The van der Waals surface area contributed by atoms with Gasteiger partial charge >= 0.3 is 6.18 Å². The summed E-state index contributed by atoms with van der Waals surface area (Å²) < 4.78 is 40.1. The van der Waals surface area contributed by atoms with E-state index < -0.39 is 12.0 Å². The highest BCUT2D eigenvalue weighted by Crippen LogP contribution is 2.29. The second-order valence-corrected chi connectivity index (χ2v) is 4.20. The van der Waals surface area contributed by atoms with Gasteiger partial charge in [0.25, 0.3) is 0 Å². The van der Waals surface area contributed by atoms with Crippen molar-refractivity contribution >= 4 is 22.4 Å². The molecule has 0 unspecified atom stereocenters. The van der Waals surface area contributed by atoms with Crippen LogP contribution in [0.1, 0.15) is 11.4 Å². The highest BCUT2D eigenvalue weighted by molar-refractivity contribution is 7.09. The van der Waals surface area contributed by atoms with E-state index in [4.69, 9.17) is 5.73 Å². The van der Waals surface area contributed by atoms with Crippen LogP contribution in [0.25, 0.3) is 0 Å². The topological polar surface area (TPSA) is 63.8 Å². The quantitative estimate of drug-likeness (QED) is 0.903. The van der Waals surface area contributed by atoms with Crippen LogP contribution < -0.4 is 11.1 Å². The molecule has 0 aliphatic heterocycles. The fourth-order valence-electron chi connectivity index (χ4n) is 1.24. The molecule has 1 aromatic heterocycles. The summed E-state index contributed by atoms with van der Waals surface area (Å²) in [4.78, 5) is 3.37. The Hall–Kier alpha value is -1.67. The molecular weight excluding hydrogens is 265 g/mol. The molecule has 0 saturated heterocycles. The monoisotopic (exact) mass is 274 g/mol. The van der Waals surface area contributed by atoms with Gasteiger partial charge in [0.1, 0.15) is 0 Å². The number of hydrogen-bond acceptors (Lipinski definition) is 5. The van der Waals surface area contributed by atoms with Gasteiger partial charge in [-0.1, -0.05) is 12.1 Å². The smallest absolute Gasteiger partial charge is 0.330 e. The number of aromatic nitrogens is 2. The number of alkyl halides is 3. The van der Waals surface area contributed by atoms with Gasteiger partial charge in [0.2, 0.25) is 11.0 Å². The van der Waals surface area contributed by atoms with Gasteiger partial charge in [0, 0.05) is 23.8 Å². The summed E-state index contributed by atoms with van der Waals surface area (Å²) in [5.41, 5.74) is 7.01. The van der Waals surface area contributed by atoms with E-state index in [1.807, 2.05) is 0 Å². The van der Waals surface area contributed by atoms with Gasteiger partial charge in [0.05, 0.1) is 0 Å². The molecule has 0 bridgehead atoms. The van der Waals surface area contributed by atoms with Gasteiger partial charge in [-0.3, -0.25) is 0 Å². The predicted octanol–water partition coefficient (Wildman–Crippen LogP) is 2.76. The number of hydrogen-bond donors (Lipinski definition) is 2. The lowest BCUT2D eigenvalue weighted by Crippen LogP contribution is -2.07. The van der Waals surface area contributed by atoms with E-state index in [1.54, 1.807) is 24.3 Å². The van der Waals surface area contributed by atoms with Gasteiger partial charge in [0.15, 0.2) is 0 Å². The molecule has 0 amide bonds. The molecule has 4 nitrogen and oxygen atoms in total. The first-order chi connectivity index (χ1) is 8.49. The molecule has 8 heteroatoms. The molecule has 18 heavy (non-hydrogen) atoms. The van der Waals surface area contributed by atoms with Crippen LogP contribution in [-0.4, -0.2) is 9.36 Å². The van der Waals surface area contributed by atoms with Crippen molar-refractivity contribution in [3.8, 4) is 0 Å². The Bertz CT molecular complexity index is 521. The molecule has 3 N–H and O–H groups in total. The summed E-state index contributed by atoms with van der Waals surface area (Å²) in [6.07, 6.45) is -4.51. The number of rotatable bonds is 3. The lowest BCUT2D eigenvalue weighted by Gasteiger charge is -2.03. The normalized spacial score (nSPS) is 11.6. The fourth-order valence-corrected chi connectivity index (χ4v) is 1.85. The van der Waals surface area contributed by atoms with Gasteiger partial charge in [-0.15, -0.1) is 0 Å². The van der Waals surface area contributed by atoms with Crippen molar-refractivity contribution in [2.75, 3.05) is 5.32 Å².